The van der Waals surface area contributed by atoms with Crippen molar-refractivity contribution in [1.29, 1.82) is 0 Å². The summed E-state index contributed by atoms with van der Waals surface area (Å²) in [5.41, 5.74) is 4.07. The van der Waals surface area contributed by atoms with E-state index in [0.717, 1.165) is 0 Å². The summed E-state index contributed by atoms with van der Waals surface area (Å²) in [6, 6.07) is 2.55. The van der Waals surface area contributed by atoms with Crippen LogP contribution in [0.3, 0.4) is 0 Å². The number of hydrogen-bond donors (Lipinski definition) is 1. The zero-order chi connectivity index (χ0) is 11.8. The normalized spacial score (nSPS) is 11.5. The van der Waals surface area contributed by atoms with Crippen molar-refractivity contribution in [2.75, 3.05) is 0 Å². The second-order valence-corrected chi connectivity index (χ2v) is 3.29. The van der Waals surface area contributed by atoms with Gasteiger partial charge in [-0.3, -0.25) is 4.79 Å². The smallest absolute Gasteiger partial charge is 0.366 e. The van der Waals surface area contributed by atoms with Gasteiger partial charge in [-0.25, -0.2) is 0 Å². The van der Waals surface area contributed by atoms with Crippen LogP contribution in [0.1, 0.15) is 27.0 Å². The van der Waals surface area contributed by atoms with Crippen molar-refractivity contribution >= 4 is 5.91 Å². The van der Waals surface area contributed by atoms with E-state index >= 15 is 0 Å². The maximum absolute atomic E-state index is 12.6. The fourth-order valence-electron chi connectivity index (χ4n) is 1.55. The summed E-state index contributed by atoms with van der Waals surface area (Å²) in [5, 5.41) is 0. The van der Waals surface area contributed by atoms with Gasteiger partial charge in [0.25, 0.3) is 0 Å². The van der Waals surface area contributed by atoms with E-state index in [2.05, 4.69) is 0 Å². The summed E-state index contributed by atoms with van der Waals surface area (Å²) in [6.45, 7) is 2.59. The number of alkyl halides is 3. The predicted octanol–water partition coefficient (Wildman–Crippen LogP) is 2.42. The number of halogens is 3. The monoisotopic (exact) mass is 217 g/mol. The highest BCUT2D eigenvalue weighted by Crippen LogP contribution is 2.35. The zero-order valence-electron chi connectivity index (χ0n) is 8.27. The van der Waals surface area contributed by atoms with Crippen molar-refractivity contribution in [3.63, 3.8) is 0 Å². The van der Waals surface area contributed by atoms with Crippen LogP contribution in [0.2, 0.25) is 0 Å². The third kappa shape index (κ3) is 2.11. The second kappa shape index (κ2) is 3.56. The highest BCUT2D eigenvalue weighted by molar-refractivity contribution is 5.94. The Balaban J connectivity index is 3.51. The Morgan fingerprint density at radius 1 is 1.27 bits per heavy atom. The van der Waals surface area contributed by atoms with E-state index in [4.69, 9.17) is 5.73 Å². The quantitative estimate of drug-likeness (QED) is 0.771. The summed E-state index contributed by atoms with van der Waals surface area (Å²) in [7, 11) is 0. The molecule has 82 valence electrons. The fourth-order valence-corrected chi connectivity index (χ4v) is 1.55. The molecule has 1 amide bonds. The average Bonchev–Trinajstić information content (AvgIpc) is 2.00. The van der Waals surface area contributed by atoms with Crippen LogP contribution in [0.25, 0.3) is 0 Å². The topological polar surface area (TPSA) is 43.1 Å². The fraction of sp³-hybridized carbons (Fsp3) is 0.300. The third-order valence-electron chi connectivity index (χ3n) is 2.22. The Morgan fingerprint density at radius 2 is 1.80 bits per heavy atom. The van der Waals surface area contributed by atoms with E-state index in [1.165, 1.54) is 26.0 Å². The first-order valence-electron chi connectivity index (χ1n) is 4.22. The van der Waals surface area contributed by atoms with Crippen molar-refractivity contribution in [1.82, 2.24) is 0 Å². The van der Waals surface area contributed by atoms with Crippen LogP contribution in [-0.4, -0.2) is 5.91 Å². The van der Waals surface area contributed by atoms with Gasteiger partial charge in [-0.05, 0) is 31.0 Å². The van der Waals surface area contributed by atoms with Crippen LogP contribution < -0.4 is 5.73 Å². The minimum absolute atomic E-state index is 0.0880. The summed E-state index contributed by atoms with van der Waals surface area (Å²) in [4.78, 5) is 10.9. The van der Waals surface area contributed by atoms with E-state index < -0.39 is 17.6 Å². The van der Waals surface area contributed by atoms with Gasteiger partial charge < -0.3 is 5.73 Å². The Hall–Kier alpha value is -1.52. The minimum atomic E-state index is -4.46. The molecule has 0 saturated heterocycles. The molecule has 0 heterocycles. The maximum Gasteiger partial charge on any atom is 0.416 e. The lowest BCUT2D eigenvalue weighted by Gasteiger charge is -2.15. The van der Waals surface area contributed by atoms with Crippen LogP contribution in [-0.2, 0) is 6.18 Å². The summed E-state index contributed by atoms with van der Waals surface area (Å²) in [5.74, 6) is -0.849. The molecule has 1 rings (SSSR count). The van der Waals surface area contributed by atoms with Gasteiger partial charge in [0.1, 0.15) is 0 Å². The Morgan fingerprint density at radius 3 is 2.20 bits per heavy atom. The molecule has 2 N–H and O–H groups in total. The number of rotatable bonds is 1. The molecule has 15 heavy (non-hydrogen) atoms. The lowest BCUT2D eigenvalue weighted by atomic mass is 9.97. The highest BCUT2D eigenvalue weighted by atomic mass is 19.4. The number of amides is 1. The standard InChI is InChI=1S/C10H10F3NO/c1-5-3-4-7(9(14)15)6(2)8(5)10(11,12)13/h3-4H,1-2H3,(H2,14,15). The predicted molar refractivity (Wildman–Crippen MR) is 49.4 cm³/mol. The Kier molecular flexibility index (Phi) is 2.75. The number of carbonyl (C=O) groups excluding carboxylic acids is 1. The van der Waals surface area contributed by atoms with E-state index in [1.807, 2.05) is 0 Å². The van der Waals surface area contributed by atoms with Crippen LogP contribution >= 0.6 is 0 Å². The Labute approximate surface area is 84.9 Å². The second-order valence-electron chi connectivity index (χ2n) is 3.29. The first-order valence-corrected chi connectivity index (χ1v) is 4.22. The first kappa shape index (κ1) is 11.6. The molecule has 0 unspecified atom stereocenters. The van der Waals surface area contributed by atoms with Gasteiger partial charge in [-0.2, -0.15) is 13.2 Å². The highest BCUT2D eigenvalue weighted by Gasteiger charge is 2.35. The van der Waals surface area contributed by atoms with Gasteiger partial charge in [0.2, 0.25) is 5.91 Å². The van der Waals surface area contributed by atoms with Gasteiger partial charge in [0.15, 0.2) is 0 Å². The first-order chi connectivity index (χ1) is 6.75. The molecule has 0 spiro atoms. The molecule has 1 aromatic carbocycles. The van der Waals surface area contributed by atoms with Crippen LogP contribution in [0.4, 0.5) is 13.2 Å². The summed E-state index contributed by atoms with van der Waals surface area (Å²) >= 11 is 0. The number of benzene rings is 1. The number of aryl methyl sites for hydroxylation is 1. The van der Waals surface area contributed by atoms with Crippen LogP contribution in [0.5, 0.6) is 0 Å². The third-order valence-corrected chi connectivity index (χ3v) is 2.22. The molecule has 0 aliphatic rings. The van der Waals surface area contributed by atoms with Crippen molar-refractivity contribution in [3.05, 3.63) is 34.4 Å². The molecule has 0 saturated carbocycles. The van der Waals surface area contributed by atoms with Crippen molar-refractivity contribution in [2.24, 2.45) is 5.73 Å². The van der Waals surface area contributed by atoms with Crippen molar-refractivity contribution in [2.45, 2.75) is 20.0 Å². The van der Waals surface area contributed by atoms with Crippen molar-refractivity contribution < 1.29 is 18.0 Å². The zero-order valence-corrected chi connectivity index (χ0v) is 8.27. The molecule has 0 atom stereocenters. The molecule has 0 aromatic heterocycles. The molecule has 0 aliphatic heterocycles. The molecule has 2 nitrogen and oxygen atoms in total. The Bertz CT molecular complexity index is 410. The van der Waals surface area contributed by atoms with Gasteiger partial charge in [-0.15, -0.1) is 0 Å². The molecule has 1 aromatic rings. The van der Waals surface area contributed by atoms with E-state index in [0.29, 0.717) is 0 Å². The molecule has 0 bridgehead atoms. The molecule has 0 aliphatic carbocycles. The largest absolute Gasteiger partial charge is 0.416 e. The van der Waals surface area contributed by atoms with Crippen molar-refractivity contribution in [3.8, 4) is 0 Å². The summed E-state index contributed by atoms with van der Waals surface area (Å²) < 4.78 is 37.8. The number of nitrogens with two attached hydrogens (primary N) is 1. The van der Waals surface area contributed by atoms with Crippen LogP contribution in [0, 0.1) is 13.8 Å². The molecular formula is C10H10F3NO. The summed E-state index contributed by atoms with van der Waals surface area (Å²) in [6.07, 6.45) is -4.46. The average molecular weight is 217 g/mol. The SMILES string of the molecule is Cc1ccc(C(N)=O)c(C)c1C(F)(F)F. The van der Waals surface area contributed by atoms with E-state index in [1.54, 1.807) is 0 Å². The molecule has 5 heteroatoms. The molecule has 0 radical (unpaired) electrons. The van der Waals surface area contributed by atoms with Gasteiger partial charge in [0.05, 0.1) is 5.56 Å². The lowest BCUT2D eigenvalue weighted by Crippen LogP contribution is -2.17. The number of hydrogen-bond acceptors (Lipinski definition) is 1. The van der Waals surface area contributed by atoms with E-state index in [-0.39, 0.29) is 16.7 Å². The van der Waals surface area contributed by atoms with Gasteiger partial charge in [0, 0.05) is 5.56 Å². The maximum atomic E-state index is 12.6. The lowest BCUT2D eigenvalue weighted by molar-refractivity contribution is -0.138. The number of primary amides is 1. The number of carbonyl (C=O) groups is 1. The van der Waals surface area contributed by atoms with Crippen LogP contribution in [0.15, 0.2) is 12.1 Å². The molecular weight excluding hydrogens is 207 g/mol. The molecule has 0 fully saturated rings. The van der Waals surface area contributed by atoms with E-state index in [9.17, 15) is 18.0 Å². The van der Waals surface area contributed by atoms with Gasteiger partial charge >= 0.3 is 6.18 Å². The minimum Gasteiger partial charge on any atom is -0.366 e. The van der Waals surface area contributed by atoms with Gasteiger partial charge in [-0.1, -0.05) is 6.07 Å².